The molecule has 6 heteroatoms. The molecular weight excluding hydrogens is 330 g/mol. The number of halogens is 1. The predicted molar refractivity (Wildman–Crippen MR) is 98.3 cm³/mol. The smallest absolute Gasteiger partial charge is 0.253 e. The summed E-state index contributed by atoms with van der Waals surface area (Å²) in [5.74, 6) is 0.0132. The second kappa shape index (κ2) is 7.32. The van der Waals surface area contributed by atoms with Gasteiger partial charge in [0.1, 0.15) is 0 Å². The number of allylic oxidation sites excluding steroid dienone is 1. The Morgan fingerprint density at radius 2 is 1.96 bits per heavy atom. The van der Waals surface area contributed by atoms with Gasteiger partial charge in [0.15, 0.2) is 5.11 Å². The van der Waals surface area contributed by atoms with Crippen LogP contribution in [0.25, 0.3) is 0 Å². The maximum atomic E-state index is 13.0. The standard InChI is InChI=1S/C17H22ClN3OS/c1-5-21(6-2)16(22)14-11(3)20(4)17(23)19-15(14)12-9-7-8-10-13(12)18/h7-10,15H,5-6H2,1-4H3,(H,19,23)/t15-/m0/s1. The predicted octanol–water partition coefficient (Wildman–Crippen LogP) is 3.34. The summed E-state index contributed by atoms with van der Waals surface area (Å²) >= 11 is 11.8. The van der Waals surface area contributed by atoms with E-state index in [-0.39, 0.29) is 11.9 Å². The Hall–Kier alpha value is -1.59. The summed E-state index contributed by atoms with van der Waals surface area (Å²) < 4.78 is 0. The second-order valence-corrected chi connectivity index (χ2v) is 6.23. The SMILES string of the molecule is CCN(CC)C(=O)C1=C(C)N(C)C(=S)N[C@H]1c1ccccc1Cl. The third kappa shape index (κ3) is 3.35. The number of rotatable bonds is 4. The van der Waals surface area contributed by atoms with Crippen LogP contribution in [0, 0.1) is 0 Å². The van der Waals surface area contributed by atoms with Crippen LogP contribution in [0.4, 0.5) is 0 Å². The van der Waals surface area contributed by atoms with Crippen LogP contribution in [0.2, 0.25) is 5.02 Å². The molecule has 1 aliphatic heterocycles. The van der Waals surface area contributed by atoms with Crippen molar-refractivity contribution < 1.29 is 4.79 Å². The lowest BCUT2D eigenvalue weighted by Crippen LogP contribution is -2.48. The molecule has 124 valence electrons. The number of nitrogens with one attached hydrogen (secondary N) is 1. The van der Waals surface area contributed by atoms with Crippen LogP contribution in [-0.4, -0.2) is 41.0 Å². The molecule has 23 heavy (non-hydrogen) atoms. The molecule has 1 atom stereocenters. The van der Waals surface area contributed by atoms with Crippen molar-refractivity contribution in [2.45, 2.75) is 26.8 Å². The topological polar surface area (TPSA) is 35.6 Å². The van der Waals surface area contributed by atoms with E-state index in [2.05, 4.69) is 5.32 Å². The highest BCUT2D eigenvalue weighted by atomic mass is 35.5. The van der Waals surface area contributed by atoms with Crippen molar-refractivity contribution in [3.63, 3.8) is 0 Å². The molecule has 0 unspecified atom stereocenters. The molecule has 1 N–H and O–H groups in total. The van der Waals surface area contributed by atoms with Gasteiger partial charge in [-0.2, -0.15) is 0 Å². The summed E-state index contributed by atoms with van der Waals surface area (Å²) in [6, 6.07) is 7.21. The Morgan fingerprint density at radius 1 is 1.35 bits per heavy atom. The van der Waals surface area contributed by atoms with Crippen molar-refractivity contribution >= 4 is 34.8 Å². The van der Waals surface area contributed by atoms with Gasteiger partial charge in [-0.25, -0.2) is 0 Å². The molecule has 1 aromatic rings. The molecule has 0 radical (unpaired) electrons. The fourth-order valence-corrected chi connectivity index (χ4v) is 3.24. The molecular formula is C17H22ClN3OS. The van der Waals surface area contributed by atoms with Crippen molar-refractivity contribution in [3.8, 4) is 0 Å². The maximum absolute atomic E-state index is 13.0. The normalized spacial score (nSPS) is 18.0. The molecule has 0 bridgehead atoms. The lowest BCUT2D eigenvalue weighted by molar-refractivity contribution is -0.127. The monoisotopic (exact) mass is 351 g/mol. The first-order valence-electron chi connectivity index (χ1n) is 7.71. The molecule has 4 nitrogen and oxygen atoms in total. The number of carbonyl (C=O) groups excluding carboxylic acids is 1. The lowest BCUT2D eigenvalue weighted by Gasteiger charge is -2.37. The quantitative estimate of drug-likeness (QED) is 0.844. The van der Waals surface area contributed by atoms with E-state index in [0.717, 1.165) is 11.3 Å². The van der Waals surface area contributed by atoms with E-state index in [1.54, 1.807) is 0 Å². The van der Waals surface area contributed by atoms with E-state index in [0.29, 0.717) is 28.8 Å². The van der Waals surface area contributed by atoms with Gasteiger partial charge in [-0.1, -0.05) is 29.8 Å². The number of likely N-dealkylation sites (N-methyl/N-ethyl adjacent to an activating group) is 1. The summed E-state index contributed by atoms with van der Waals surface area (Å²) in [4.78, 5) is 16.7. The highest BCUT2D eigenvalue weighted by molar-refractivity contribution is 7.80. The zero-order valence-electron chi connectivity index (χ0n) is 13.9. The van der Waals surface area contributed by atoms with Gasteiger partial charge in [-0.3, -0.25) is 4.79 Å². The molecule has 0 saturated carbocycles. The first-order valence-corrected chi connectivity index (χ1v) is 8.49. The largest absolute Gasteiger partial charge is 0.351 e. The number of hydrogen-bond donors (Lipinski definition) is 1. The van der Waals surface area contributed by atoms with Gasteiger partial charge in [-0.15, -0.1) is 0 Å². The number of thiocarbonyl (C=S) groups is 1. The number of benzene rings is 1. The van der Waals surface area contributed by atoms with Crippen LogP contribution in [0.3, 0.4) is 0 Å². The molecule has 1 aromatic carbocycles. The van der Waals surface area contributed by atoms with Crippen LogP contribution in [-0.2, 0) is 4.79 Å². The van der Waals surface area contributed by atoms with Crippen LogP contribution in [0.5, 0.6) is 0 Å². The molecule has 1 aliphatic rings. The molecule has 0 fully saturated rings. The molecule has 0 aliphatic carbocycles. The number of nitrogens with zero attached hydrogens (tertiary/aromatic N) is 2. The molecule has 0 spiro atoms. The Kier molecular flexibility index (Phi) is 5.65. The van der Waals surface area contributed by atoms with E-state index in [4.69, 9.17) is 23.8 Å². The summed E-state index contributed by atoms with van der Waals surface area (Å²) in [7, 11) is 1.86. The zero-order valence-corrected chi connectivity index (χ0v) is 15.5. The van der Waals surface area contributed by atoms with E-state index >= 15 is 0 Å². The van der Waals surface area contributed by atoms with Gasteiger partial charge < -0.3 is 15.1 Å². The fraction of sp³-hybridized carbons (Fsp3) is 0.412. The molecule has 0 aromatic heterocycles. The van der Waals surface area contributed by atoms with Crippen molar-refractivity contribution in [2.75, 3.05) is 20.1 Å². The van der Waals surface area contributed by atoms with Crippen molar-refractivity contribution in [1.29, 1.82) is 0 Å². The summed E-state index contributed by atoms with van der Waals surface area (Å²) in [6.45, 7) is 7.21. The van der Waals surface area contributed by atoms with E-state index in [9.17, 15) is 4.79 Å². The van der Waals surface area contributed by atoms with Crippen molar-refractivity contribution in [1.82, 2.24) is 15.1 Å². The first kappa shape index (κ1) is 17.8. The highest BCUT2D eigenvalue weighted by Crippen LogP contribution is 2.34. The van der Waals surface area contributed by atoms with Crippen molar-refractivity contribution in [2.24, 2.45) is 0 Å². The van der Waals surface area contributed by atoms with E-state index in [1.807, 2.05) is 61.9 Å². The molecule has 0 saturated heterocycles. The Balaban J connectivity index is 2.57. The van der Waals surface area contributed by atoms with Crippen LogP contribution in [0.1, 0.15) is 32.4 Å². The minimum absolute atomic E-state index is 0.0132. The first-order chi connectivity index (χ1) is 10.9. The molecule has 2 rings (SSSR count). The summed E-state index contributed by atoms with van der Waals surface area (Å²) in [5, 5.41) is 4.46. The lowest BCUT2D eigenvalue weighted by atomic mass is 9.94. The van der Waals surface area contributed by atoms with Crippen LogP contribution in [0.15, 0.2) is 35.5 Å². The summed E-state index contributed by atoms with van der Waals surface area (Å²) in [6.07, 6.45) is 0. The van der Waals surface area contributed by atoms with Gasteiger partial charge in [0.25, 0.3) is 5.91 Å². The van der Waals surface area contributed by atoms with Crippen LogP contribution < -0.4 is 5.32 Å². The average molecular weight is 352 g/mol. The van der Waals surface area contributed by atoms with Gasteiger partial charge in [-0.05, 0) is 44.6 Å². The van der Waals surface area contributed by atoms with E-state index < -0.39 is 0 Å². The molecule has 1 heterocycles. The Morgan fingerprint density at radius 3 is 2.52 bits per heavy atom. The average Bonchev–Trinajstić information content (AvgIpc) is 2.54. The fourth-order valence-electron chi connectivity index (χ4n) is 2.74. The zero-order chi connectivity index (χ0) is 17.1. The summed E-state index contributed by atoms with van der Waals surface area (Å²) in [5.41, 5.74) is 2.41. The molecule has 1 amide bonds. The third-order valence-electron chi connectivity index (χ3n) is 4.25. The van der Waals surface area contributed by atoms with E-state index in [1.165, 1.54) is 0 Å². The van der Waals surface area contributed by atoms with Gasteiger partial charge in [0.2, 0.25) is 0 Å². The number of amides is 1. The van der Waals surface area contributed by atoms with Crippen LogP contribution >= 0.6 is 23.8 Å². The Bertz CT molecular complexity index is 655. The number of carbonyl (C=O) groups is 1. The second-order valence-electron chi connectivity index (χ2n) is 5.44. The third-order valence-corrected chi connectivity index (χ3v) is 4.99. The van der Waals surface area contributed by atoms with Gasteiger partial charge in [0, 0.05) is 30.9 Å². The maximum Gasteiger partial charge on any atom is 0.253 e. The van der Waals surface area contributed by atoms with Gasteiger partial charge >= 0.3 is 0 Å². The van der Waals surface area contributed by atoms with Crippen molar-refractivity contribution in [3.05, 3.63) is 46.1 Å². The minimum Gasteiger partial charge on any atom is -0.351 e. The minimum atomic E-state index is -0.333. The Labute approximate surface area is 148 Å². The van der Waals surface area contributed by atoms with Gasteiger partial charge in [0.05, 0.1) is 11.6 Å². The highest BCUT2D eigenvalue weighted by Gasteiger charge is 2.34. The number of hydrogen-bond acceptors (Lipinski definition) is 2.